The van der Waals surface area contributed by atoms with Gasteiger partial charge in [0, 0.05) is 12.6 Å². The average Bonchev–Trinajstić information content (AvgIpc) is 2.46. The second-order valence-corrected chi connectivity index (χ2v) is 4.76. The van der Waals surface area contributed by atoms with Gasteiger partial charge in [0.1, 0.15) is 0 Å². The zero-order chi connectivity index (χ0) is 12.8. The minimum Gasteiger partial charge on any atom is -0.233 e. The number of hydrogen-bond acceptors (Lipinski definition) is 0. The molecule has 0 spiro atoms. The summed E-state index contributed by atoms with van der Waals surface area (Å²) in [6.45, 7) is 5.27. The molecule has 0 aliphatic rings. The maximum absolute atomic E-state index is 4.77. The van der Waals surface area contributed by atoms with Crippen LogP contribution in [0, 0.1) is 0 Å². The van der Waals surface area contributed by atoms with Gasteiger partial charge < -0.3 is 0 Å². The van der Waals surface area contributed by atoms with Crippen LogP contribution in [-0.4, -0.2) is 6.54 Å². The normalized spacial score (nSPS) is 14.1. The first-order valence-electron chi connectivity index (χ1n) is 6.54. The van der Waals surface area contributed by atoms with E-state index in [0.717, 1.165) is 6.54 Å². The van der Waals surface area contributed by atoms with E-state index in [9.17, 15) is 0 Å². The molecule has 93 valence electrons. The van der Waals surface area contributed by atoms with E-state index in [0.29, 0.717) is 5.92 Å². The average molecular weight is 238 g/mol. The standard InChI is InChI=1S/C17H20N/c1-14(16-9-5-3-6-10-16)13-18-15(2)17-11-7-4-8-12-17/h3-12,14-15H,13H2,1-2H3. The molecule has 0 N–H and O–H groups in total. The second-order valence-electron chi connectivity index (χ2n) is 4.76. The van der Waals surface area contributed by atoms with E-state index in [2.05, 4.69) is 68.4 Å². The Hall–Kier alpha value is -1.60. The van der Waals surface area contributed by atoms with Crippen molar-refractivity contribution in [2.24, 2.45) is 0 Å². The van der Waals surface area contributed by atoms with Crippen molar-refractivity contribution in [2.45, 2.75) is 25.8 Å². The SMILES string of the molecule is CC(C[N]C(C)c1ccccc1)c1ccccc1. The molecule has 2 unspecified atom stereocenters. The number of benzene rings is 2. The Morgan fingerprint density at radius 3 is 1.83 bits per heavy atom. The molecule has 0 fully saturated rings. The summed E-state index contributed by atoms with van der Waals surface area (Å²) in [5.74, 6) is 0.484. The molecule has 2 rings (SSSR count). The Labute approximate surface area is 110 Å². The van der Waals surface area contributed by atoms with Crippen LogP contribution in [0.2, 0.25) is 0 Å². The van der Waals surface area contributed by atoms with E-state index in [-0.39, 0.29) is 6.04 Å². The van der Waals surface area contributed by atoms with Gasteiger partial charge in [-0.2, -0.15) is 0 Å². The van der Waals surface area contributed by atoms with Crippen LogP contribution in [0.1, 0.15) is 36.9 Å². The van der Waals surface area contributed by atoms with Gasteiger partial charge in [-0.3, -0.25) is 0 Å². The number of hydrogen-bond donors (Lipinski definition) is 0. The van der Waals surface area contributed by atoms with Crippen molar-refractivity contribution in [1.82, 2.24) is 5.32 Å². The van der Waals surface area contributed by atoms with Crippen LogP contribution >= 0.6 is 0 Å². The molecule has 1 heteroatoms. The molecule has 0 aliphatic heterocycles. The summed E-state index contributed by atoms with van der Waals surface area (Å²) in [5, 5.41) is 4.77. The maximum atomic E-state index is 4.77. The smallest absolute Gasteiger partial charge is 0.0467 e. The molecule has 1 nitrogen and oxygen atoms in total. The minimum atomic E-state index is 0.275. The summed E-state index contributed by atoms with van der Waals surface area (Å²) in [4.78, 5) is 0. The van der Waals surface area contributed by atoms with Crippen LogP contribution in [0.5, 0.6) is 0 Å². The molecule has 2 aromatic carbocycles. The van der Waals surface area contributed by atoms with Gasteiger partial charge in [-0.05, 0) is 24.0 Å². The van der Waals surface area contributed by atoms with Gasteiger partial charge in [-0.1, -0.05) is 67.6 Å². The lowest BCUT2D eigenvalue weighted by Gasteiger charge is -2.16. The van der Waals surface area contributed by atoms with Crippen molar-refractivity contribution in [3.8, 4) is 0 Å². The monoisotopic (exact) mass is 238 g/mol. The Kier molecular flexibility index (Phi) is 4.54. The Balaban J connectivity index is 1.89. The Morgan fingerprint density at radius 2 is 1.28 bits per heavy atom. The molecular formula is C17H20N. The fourth-order valence-corrected chi connectivity index (χ4v) is 2.04. The van der Waals surface area contributed by atoms with E-state index in [1.165, 1.54) is 11.1 Å². The summed E-state index contributed by atoms with van der Waals surface area (Å²) in [7, 11) is 0. The van der Waals surface area contributed by atoms with Crippen LogP contribution in [0.4, 0.5) is 0 Å². The van der Waals surface area contributed by atoms with Crippen molar-refractivity contribution in [2.75, 3.05) is 6.54 Å². The van der Waals surface area contributed by atoms with Crippen molar-refractivity contribution in [3.63, 3.8) is 0 Å². The molecule has 0 saturated heterocycles. The third-order valence-electron chi connectivity index (χ3n) is 3.30. The van der Waals surface area contributed by atoms with E-state index in [1.807, 2.05) is 6.07 Å². The number of rotatable bonds is 5. The molecule has 2 atom stereocenters. The molecule has 0 amide bonds. The molecule has 18 heavy (non-hydrogen) atoms. The first-order chi connectivity index (χ1) is 8.77. The maximum Gasteiger partial charge on any atom is 0.0467 e. The van der Waals surface area contributed by atoms with Gasteiger partial charge in [0.25, 0.3) is 0 Å². The largest absolute Gasteiger partial charge is 0.233 e. The van der Waals surface area contributed by atoms with E-state index < -0.39 is 0 Å². The van der Waals surface area contributed by atoms with Crippen molar-refractivity contribution < 1.29 is 0 Å². The van der Waals surface area contributed by atoms with Crippen LogP contribution in [-0.2, 0) is 0 Å². The van der Waals surface area contributed by atoms with Gasteiger partial charge in [0.05, 0.1) is 0 Å². The van der Waals surface area contributed by atoms with E-state index >= 15 is 0 Å². The Morgan fingerprint density at radius 1 is 0.778 bits per heavy atom. The summed E-state index contributed by atoms with van der Waals surface area (Å²) >= 11 is 0. The van der Waals surface area contributed by atoms with Gasteiger partial charge in [-0.15, -0.1) is 0 Å². The lowest BCUT2D eigenvalue weighted by Crippen LogP contribution is -2.16. The fraction of sp³-hybridized carbons (Fsp3) is 0.294. The highest BCUT2D eigenvalue weighted by Gasteiger charge is 2.09. The highest BCUT2D eigenvalue weighted by Crippen LogP contribution is 2.17. The lowest BCUT2D eigenvalue weighted by molar-refractivity contribution is 0.525. The van der Waals surface area contributed by atoms with Gasteiger partial charge in [0.2, 0.25) is 0 Å². The highest BCUT2D eigenvalue weighted by molar-refractivity contribution is 5.20. The van der Waals surface area contributed by atoms with Crippen LogP contribution in [0.3, 0.4) is 0 Å². The molecule has 0 aliphatic carbocycles. The summed E-state index contributed by atoms with van der Waals surface area (Å²) in [6, 6.07) is 21.3. The van der Waals surface area contributed by atoms with Gasteiger partial charge >= 0.3 is 0 Å². The minimum absolute atomic E-state index is 0.275. The molecule has 1 radical (unpaired) electrons. The third kappa shape index (κ3) is 3.44. The molecule has 2 aromatic rings. The predicted octanol–water partition coefficient (Wildman–Crippen LogP) is 4.16. The quantitative estimate of drug-likeness (QED) is 0.742. The first-order valence-corrected chi connectivity index (χ1v) is 6.54. The molecular weight excluding hydrogens is 218 g/mol. The van der Waals surface area contributed by atoms with E-state index in [1.54, 1.807) is 0 Å². The lowest BCUT2D eigenvalue weighted by atomic mass is 10.0. The summed E-state index contributed by atoms with van der Waals surface area (Å²) < 4.78 is 0. The van der Waals surface area contributed by atoms with Gasteiger partial charge in [-0.25, -0.2) is 5.32 Å². The number of nitrogens with zero attached hydrogens (tertiary/aromatic N) is 1. The summed E-state index contributed by atoms with van der Waals surface area (Å²) in [5.41, 5.74) is 2.65. The van der Waals surface area contributed by atoms with Gasteiger partial charge in [0.15, 0.2) is 0 Å². The zero-order valence-electron chi connectivity index (χ0n) is 11.1. The van der Waals surface area contributed by atoms with Crippen molar-refractivity contribution in [1.29, 1.82) is 0 Å². The zero-order valence-corrected chi connectivity index (χ0v) is 11.1. The predicted molar refractivity (Wildman–Crippen MR) is 76.7 cm³/mol. The molecule has 0 saturated carbocycles. The van der Waals surface area contributed by atoms with Crippen LogP contribution < -0.4 is 5.32 Å². The second kappa shape index (κ2) is 6.36. The van der Waals surface area contributed by atoms with Crippen molar-refractivity contribution >= 4 is 0 Å². The van der Waals surface area contributed by atoms with Crippen LogP contribution in [0.25, 0.3) is 0 Å². The molecule has 0 bridgehead atoms. The highest BCUT2D eigenvalue weighted by atomic mass is 14.9. The van der Waals surface area contributed by atoms with Crippen LogP contribution in [0.15, 0.2) is 60.7 Å². The van der Waals surface area contributed by atoms with Crippen molar-refractivity contribution in [3.05, 3.63) is 71.8 Å². The fourth-order valence-electron chi connectivity index (χ4n) is 2.04. The Bertz CT molecular complexity index is 404. The topological polar surface area (TPSA) is 14.1 Å². The molecule has 0 heterocycles. The molecule has 0 aromatic heterocycles. The third-order valence-corrected chi connectivity index (χ3v) is 3.30. The summed E-state index contributed by atoms with van der Waals surface area (Å²) in [6.07, 6.45) is 0. The van der Waals surface area contributed by atoms with E-state index in [4.69, 9.17) is 5.32 Å². The first kappa shape index (κ1) is 12.8.